The van der Waals surface area contributed by atoms with Crippen molar-refractivity contribution in [2.75, 3.05) is 32.9 Å². The summed E-state index contributed by atoms with van der Waals surface area (Å²) in [5.41, 5.74) is 1.16. The first-order chi connectivity index (χ1) is 10.3. The molecule has 3 rings (SSSR count). The predicted molar refractivity (Wildman–Crippen MR) is 82.4 cm³/mol. The van der Waals surface area contributed by atoms with Crippen molar-refractivity contribution in [2.24, 2.45) is 0 Å². The summed E-state index contributed by atoms with van der Waals surface area (Å²) in [6.45, 7) is 3.59. The van der Waals surface area contributed by atoms with Gasteiger partial charge in [-0.15, -0.1) is 0 Å². The van der Waals surface area contributed by atoms with Gasteiger partial charge in [-0.1, -0.05) is 11.6 Å². The summed E-state index contributed by atoms with van der Waals surface area (Å²) in [6, 6.07) is 4.33. The molecule has 21 heavy (non-hydrogen) atoms. The summed E-state index contributed by atoms with van der Waals surface area (Å²) >= 11 is 6.31. The lowest BCUT2D eigenvalue weighted by molar-refractivity contribution is 0.160. The number of halogens is 1. The molecule has 1 fully saturated rings. The van der Waals surface area contributed by atoms with Crippen molar-refractivity contribution in [3.05, 3.63) is 22.7 Å². The second-order valence-electron chi connectivity index (χ2n) is 5.72. The molecule has 5 heteroatoms. The van der Waals surface area contributed by atoms with Crippen molar-refractivity contribution in [3.63, 3.8) is 0 Å². The smallest absolute Gasteiger partial charge is 0.179 e. The zero-order valence-electron chi connectivity index (χ0n) is 12.2. The normalized spacial score (nSPS) is 22.3. The van der Waals surface area contributed by atoms with Gasteiger partial charge in [-0.25, -0.2) is 0 Å². The van der Waals surface area contributed by atoms with Crippen molar-refractivity contribution in [3.8, 4) is 11.5 Å². The van der Waals surface area contributed by atoms with E-state index in [0.717, 1.165) is 43.7 Å². The second-order valence-corrected chi connectivity index (χ2v) is 6.13. The topological polar surface area (TPSA) is 41.9 Å². The van der Waals surface area contributed by atoms with Crippen LogP contribution in [0.3, 0.4) is 0 Å². The molecule has 116 valence electrons. The first-order valence-electron chi connectivity index (χ1n) is 7.71. The number of rotatable bonds is 4. The number of fused-ring (bicyclic) bond motifs is 1. The zero-order chi connectivity index (χ0) is 14.7. The number of aliphatic hydroxyl groups is 1. The molecule has 0 amide bonds. The lowest BCUT2D eigenvalue weighted by atomic mass is 10.1. The number of nitrogens with zero attached hydrogens (tertiary/aromatic N) is 1. The van der Waals surface area contributed by atoms with Crippen LogP contribution in [0.25, 0.3) is 0 Å². The minimum absolute atomic E-state index is 0.252. The van der Waals surface area contributed by atoms with Crippen molar-refractivity contribution in [2.45, 2.75) is 31.7 Å². The van der Waals surface area contributed by atoms with Gasteiger partial charge in [0.2, 0.25) is 0 Å². The summed E-state index contributed by atoms with van der Waals surface area (Å²) in [5.74, 6) is 1.43. The summed E-state index contributed by atoms with van der Waals surface area (Å²) in [6.07, 6.45) is 4.06. The predicted octanol–water partition coefficient (Wildman–Crippen LogP) is 2.50. The molecule has 0 saturated carbocycles. The average Bonchev–Trinajstić information content (AvgIpc) is 2.81. The Morgan fingerprint density at radius 1 is 1.24 bits per heavy atom. The molecular weight excluding hydrogens is 290 g/mol. The monoisotopic (exact) mass is 311 g/mol. The number of ether oxygens (including phenoxy) is 2. The van der Waals surface area contributed by atoms with Crippen LogP contribution < -0.4 is 9.47 Å². The fourth-order valence-electron chi connectivity index (χ4n) is 3.10. The van der Waals surface area contributed by atoms with E-state index in [1.54, 1.807) is 0 Å². The van der Waals surface area contributed by atoms with Gasteiger partial charge in [-0.2, -0.15) is 0 Å². The van der Waals surface area contributed by atoms with Gasteiger partial charge < -0.3 is 14.6 Å². The molecule has 0 spiro atoms. The van der Waals surface area contributed by atoms with Crippen molar-refractivity contribution < 1.29 is 14.6 Å². The van der Waals surface area contributed by atoms with Gasteiger partial charge in [0.05, 0.1) is 24.8 Å². The second kappa shape index (κ2) is 6.86. The van der Waals surface area contributed by atoms with Gasteiger partial charge in [0.25, 0.3) is 0 Å². The lowest BCUT2D eigenvalue weighted by Gasteiger charge is -2.22. The Bertz CT molecular complexity index is 495. The molecule has 2 heterocycles. The Kier molecular flexibility index (Phi) is 4.88. The fourth-order valence-corrected chi connectivity index (χ4v) is 3.39. The number of benzene rings is 1. The SMILES string of the molecule is OC[C@H]1CCCN1CCc1cc(Cl)c2c(c1)OCCCO2. The molecule has 0 bridgehead atoms. The highest BCUT2D eigenvalue weighted by Crippen LogP contribution is 2.38. The summed E-state index contributed by atoms with van der Waals surface area (Å²) < 4.78 is 11.4. The molecule has 0 aromatic heterocycles. The largest absolute Gasteiger partial charge is 0.489 e. The van der Waals surface area contributed by atoms with Gasteiger partial charge in [-0.3, -0.25) is 4.90 Å². The van der Waals surface area contributed by atoms with E-state index in [1.807, 2.05) is 12.1 Å². The molecule has 1 saturated heterocycles. The van der Waals surface area contributed by atoms with Crippen LogP contribution in [0.2, 0.25) is 5.02 Å². The molecule has 2 aliphatic heterocycles. The Morgan fingerprint density at radius 3 is 2.95 bits per heavy atom. The van der Waals surface area contributed by atoms with E-state index in [4.69, 9.17) is 21.1 Å². The molecule has 0 aliphatic carbocycles. The summed E-state index contributed by atoms with van der Waals surface area (Å²) in [7, 11) is 0. The number of hydrogen-bond donors (Lipinski definition) is 1. The maximum atomic E-state index is 9.37. The van der Waals surface area contributed by atoms with Crippen LogP contribution in [0.4, 0.5) is 0 Å². The number of hydrogen-bond acceptors (Lipinski definition) is 4. The Hall–Kier alpha value is -0.970. The molecule has 1 N–H and O–H groups in total. The third-order valence-corrected chi connectivity index (χ3v) is 4.54. The molecule has 1 atom stereocenters. The highest BCUT2D eigenvalue weighted by Gasteiger charge is 2.23. The highest BCUT2D eigenvalue weighted by molar-refractivity contribution is 6.32. The molecule has 1 aromatic rings. The molecule has 0 unspecified atom stereocenters. The van der Waals surface area contributed by atoms with Crippen LogP contribution in [-0.2, 0) is 6.42 Å². The average molecular weight is 312 g/mol. The van der Waals surface area contributed by atoms with E-state index >= 15 is 0 Å². The number of likely N-dealkylation sites (tertiary alicyclic amines) is 1. The first-order valence-corrected chi connectivity index (χ1v) is 8.08. The highest BCUT2D eigenvalue weighted by atomic mass is 35.5. The number of aliphatic hydroxyl groups excluding tert-OH is 1. The molecule has 2 aliphatic rings. The first kappa shape index (κ1) is 14.9. The van der Waals surface area contributed by atoms with Crippen LogP contribution in [-0.4, -0.2) is 49.0 Å². The lowest BCUT2D eigenvalue weighted by Crippen LogP contribution is -2.33. The van der Waals surface area contributed by atoms with Crippen LogP contribution in [0.5, 0.6) is 11.5 Å². The van der Waals surface area contributed by atoms with Crippen molar-refractivity contribution in [1.29, 1.82) is 0 Å². The zero-order valence-corrected chi connectivity index (χ0v) is 12.9. The minimum atomic E-state index is 0.252. The van der Waals surface area contributed by atoms with E-state index in [0.29, 0.717) is 30.0 Å². The van der Waals surface area contributed by atoms with Crippen molar-refractivity contribution in [1.82, 2.24) is 4.90 Å². The summed E-state index contributed by atoms with van der Waals surface area (Å²) in [4.78, 5) is 2.36. The van der Waals surface area contributed by atoms with Gasteiger partial charge in [0, 0.05) is 19.0 Å². The third-order valence-electron chi connectivity index (χ3n) is 4.26. The maximum absolute atomic E-state index is 9.37. The molecule has 0 radical (unpaired) electrons. The van der Waals surface area contributed by atoms with Gasteiger partial charge in [0.1, 0.15) is 0 Å². The maximum Gasteiger partial charge on any atom is 0.179 e. The fraction of sp³-hybridized carbons (Fsp3) is 0.625. The van der Waals surface area contributed by atoms with Crippen LogP contribution >= 0.6 is 11.6 Å². The molecule has 1 aromatic carbocycles. The Balaban J connectivity index is 1.68. The standard InChI is InChI=1S/C16H22ClNO3/c17-14-9-12(4-6-18-5-1-3-13(18)11-19)10-15-16(14)21-8-2-7-20-15/h9-10,13,19H,1-8,11H2/t13-/m1/s1. The van der Waals surface area contributed by atoms with E-state index in [9.17, 15) is 5.11 Å². The minimum Gasteiger partial charge on any atom is -0.489 e. The van der Waals surface area contributed by atoms with E-state index in [1.165, 1.54) is 6.42 Å². The molecule has 4 nitrogen and oxygen atoms in total. The van der Waals surface area contributed by atoms with E-state index in [2.05, 4.69) is 4.90 Å². The van der Waals surface area contributed by atoms with E-state index in [-0.39, 0.29) is 6.61 Å². The van der Waals surface area contributed by atoms with Crippen molar-refractivity contribution >= 4 is 11.6 Å². The third kappa shape index (κ3) is 3.44. The Morgan fingerprint density at radius 2 is 2.10 bits per heavy atom. The Labute approximate surface area is 130 Å². The van der Waals surface area contributed by atoms with Gasteiger partial charge >= 0.3 is 0 Å². The van der Waals surface area contributed by atoms with E-state index < -0.39 is 0 Å². The van der Waals surface area contributed by atoms with Gasteiger partial charge in [-0.05, 0) is 43.5 Å². The van der Waals surface area contributed by atoms with Gasteiger partial charge in [0.15, 0.2) is 11.5 Å². The van der Waals surface area contributed by atoms with Crippen LogP contribution in [0.1, 0.15) is 24.8 Å². The quantitative estimate of drug-likeness (QED) is 0.927. The molecular formula is C16H22ClNO3. The summed E-state index contributed by atoms with van der Waals surface area (Å²) in [5, 5.41) is 10.00. The van der Waals surface area contributed by atoms with Crippen LogP contribution in [0, 0.1) is 0 Å². The van der Waals surface area contributed by atoms with Crippen LogP contribution in [0.15, 0.2) is 12.1 Å².